The molecule has 2 amide bonds. The van der Waals surface area contributed by atoms with Gasteiger partial charge in [0.05, 0.1) is 29.3 Å². The molecule has 0 aliphatic carbocycles. The first-order valence-corrected chi connectivity index (χ1v) is 9.60. The van der Waals surface area contributed by atoms with Gasteiger partial charge in [0.25, 0.3) is 11.6 Å². The van der Waals surface area contributed by atoms with Gasteiger partial charge in [0.2, 0.25) is 5.91 Å². The molecular weight excluding hydrogens is 425 g/mol. The molecule has 0 radical (unpaired) electrons. The van der Waals surface area contributed by atoms with Crippen molar-refractivity contribution < 1.29 is 33.2 Å². The number of para-hydroxylation sites is 1. The van der Waals surface area contributed by atoms with Gasteiger partial charge in [-0.2, -0.15) is 0 Å². The smallest absolute Gasteiger partial charge is 0.312 e. The lowest BCUT2D eigenvalue weighted by atomic mass is 10.1. The molecule has 32 heavy (non-hydrogen) atoms. The molecule has 1 saturated heterocycles. The molecule has 2 aromatic rings. The highest BCUT2D eigenvalue weighted by Gasteiger charge is 2.38. The van der Waals surface area contributed by atoms with Crippen LogP contribution in [0.2, 0.25) is 0 Å². The minimum atomic E-state index is -1.26. The van der Waals surface area contributed by atoms with Gasteiger partial charge in [-0.15, -0.1) is 0 Å². The Hall–Kier alpha value is -4.02. The topological polar surface area (TPSA) is 128 Å². The minimum absolute atomic E-state index is 0.0383. The van der Waals surface area contributed by atoms with Crippen LogP contribution in [0.15, 0.2) is 42.5 Å². The van der Waals surface area contributed by atoms with Gasteiger partial charge < -0.3 is 19.7 Å². The molecule has 0 spiro atoms. The molecule has 1 aliphatic heterocycles. The summed E-state index contributed by atoms with van der Waals surface area (Å²) >= 11 is 0. The Morgan fingerprint density at radius 1 is 1.28 bits per heavy atom. The van der Waals surface area contributed by atoms with Crippen LogP contribution in [-0.4, -0.2) is 42.5 Å². The molecule has 2 atom stereocenters. The van der Waals surface area contributed by atoms with Crippen molar-refractivity contribution in [2.45, 2.75) is 19.4 Å². The number of nitro benzene ring substituents is 1. The molecule has 0 unspecified atom stereocenters. The number of nitrogens with zero attached hydrogens (tertiary/aromatic N) is 2. The molecular formula is C21H20FN3O7. The van der Waals surface area contributed by atoms with Crippen LogP contribution in [0.1, 0.15) is 13.3 Å². The second kappa shape index (κ2) is 9.41. The summed E-state index contributed by atoms with van der Waals surface area (Å²) in [5.74, 6) is -3.24. The van der Waals surface area contributed by atoms with Crippen molar-refractivity contribution in [1.82, 2.24) is 0 Å². The number of carbonyl (C=O) groups excluding carboxylic acids is 3. The summed E-state index contributed by atoms with van der Waals surface area (Å²) < 4.78 is 24.3. The summed E-state index contributed by atoms with van der Waals surface area (Å²) in [6.07, 6.45) is -1.44. The predicted octanol–water partition coefficient (Wildman–Crippen LogP) is 2.67. The molecule has 0 aromatic heterocycles. The number of ether oxygens (including phenoxy) is 2. The quantitative estimate of drug-likeness (QED) is 0.394. The third-order valence-electron chi connectivity index (χ3n) is 4.92. The SMILES string of the molecule is COc1ccc([N+](=O)[O-])cc1NC(=O)[C@H](C)OC(=O)[C@H]1CC(=O)N(c2ccccc2F)C1. The minimum Gasteiger partial charge on any atom is -0.495 e. The highest BCUT2D eigenvalue weighted by Crippen LogP contribution is 2.30. The first kappa shape index (κ1) is 22.7. The average molecular weight is 445 g/mol. The van der Waals surface area contributed by atoms with Crippen LogP contribution in [0, 0.1) is 21.8 Å². The summed E-state index contributed by atoms with van der Waals surface area (Å²) in [7, 11) is 1.33. The predicted molar refractivity (Wildman–Crippen MR) is 111 cm³/mol. The van der Waals surface area contributed by atoms with E-state index in [1.807, 2.05) is 0 Å². The summed E-state index contributed by atoms with van der Waals surface area (Å²) in [6, 6.07) is 9.37. The molecule has 3 rings (SSSR count). The molecule has 1 fully saturated rings. The molecule has 10 nitrogen and oxygen atoms in total. The molecule has 2 aromatic carbocycles. The van der Waals surface area contributed by atoms with Crippen molar-refractivity contribution >= 4 is 34.8 Å². The van der Waals surface area contributed by atoms with Crippen molar-refractivity contribution in [3.63, 3.8) is 0 Å². The molecule has 1 aliphatic rings. The van der Waals surface area contributed by atoms with Crippen molar-refractivity contribution in [2.75, 3.05) is 23.9 Å². The standard InChI is InChI=1S/C21H20FN3O7/c1-12(20(27)23-16-10-14(25(29)30)7-8-18(16)31-2)32-21(28)13-9-19(26)24(11-13)17-6-4-3-5-15(17)22/h3-8,10,12-13H,9,11H2,1-2H3,(H,23,27)/t12-,13-/m0/s1. The van der Waals surface area contributed by atoms with Crippen molar-refractivity contribution in [3.05, 3.63) is 58.4 Å². The summed E-state index contributed by atoms with van der Waals surface area (Å²) in [6.45, 7) is 1.24. The Morgan fingerprint density at radius 3 is 2.66 bits per heavy atom. The van der Waals surface area contributed by atoms with Crippen LogP contribution in [0.3, 0.4) is 0 Å². The Labute approximate surface area is 182 Å². The summed E-state index contributed by atoms with van der Waals surface area (Å²) in [5, 5.41) is 13.4. The lowest BCUT2D eigenvalue weighted by Crippen LogP contribution is -2.33. The number of hydrogen-bond donors (Lipinski definition) is 1. The van der Waals surface area contributed by atoms with Crippen LogP contribution in [0.4, 0.5) is 21.5 Å². The number of anilines is 2. The van der Waals surface area contributed by atoms with Gasteiger partial charge >= 0.3 is 5.97 Å². The monoisotopic (exact) mass is 445 g/mol. The first-order valence-electron chi connectivity index (χ1n) is 9.60. The number of carbonyl (C=O) groups is 3. The van der Waals surface area contributed by atoms with Crippen molar-refractivity contribution in [1.29, 1.82) is 0 Å². The summed E-state index contributed by atoms with van der Waals surface area (Å²) in [5.41, 5.74) is -0.156. The maximum atomic E-state index is 14.0. The maximum absolute atomic E-state index is 14.0. The van der Waals surface area contributed by atoms with Gasteiger partial charge in [0.1, 0.15) is 11.6 Å². The first-order chi connectivity index (χ1) is 15.2. The van der Waals surface area contributed by atoms with Crippen LogP contribution in [0.5, 0.6) is 5.75 Å². The van der Waals surface area contributed by atoms with Crippen molar-refractivity contribution in [2.24, 2.45) is 5.92 Å². The number of nitrogens with one attached hydrogen (secondary N) is 1. The molecule has 1 heterocycles. The van der Waals surface area contributed by atoms with Gasteiger partial charge in [0.15, 0.2) is 6.10 Å². The third-order valence-corrected chi connectivity index (χ3v) is 4.92. The fraction of sp³-hybridized carbons (Fsp3) is 0.286. The van der Waals surface area contributed by atoms with E-state index in [1.165, 1.54) is 49.3 Å². The van der Waals surface area contributed by atoms with E-state index < -0.39 is 40.5 Å². The van der Waals surface area contributed by atoms with E-state index in [-0.39, 0.29) is 35.8 Å². The Kier molecular flexibility index (Phi) is 6.67. The zero-order valence-electron chi connectivity index (χ0n) is 17.2. The van der Waals surface area contributed by atoms with Gasteiger partial charge in [0, 0.05) is 25.1 Å². The molecule has 0 bridgehead atoms. The molecule has 0 saturated carbocycles. The van der Waals surface area contributed by atoms with E-state index in [0.717, 1.165) is 6.07 Å². The number of amides is 2. The number of non-ortho nitro benzene ring substituents is 1. The number of halogens is 1. The highest BCUT2D eigenvalue weighted by atomic mass is 19.1. The fourth-order valence-electron chi connectivity index (χ4n) is 3.23. The second-order valence-corrected chi connectivity index (χ2v) is 7.07. The largest absolute Gasteiger partial charge is 0.495 e. The fourth-order valence-corrected chi connectivity index (χ4v) is 3.23. The molecule has 168 valence electrons. The number of hydrogen-bond acceptors (Lipinski definition) is 7. The van der Waals surface area contributed by atoms with Crippen LogP contribution in [-0.2, 0) is 19.1 Å². The normalized spacial score (nSPS) is 16.4. The van der Waals surface area contributed by atoms with Gasteiger partial charge in [-0.05, 0) is 25.1 Å². The van der Waals surface area contributed by atoms with Crippen LogP contribution in [0.25, 0.3) is 0 Å². The number of methoxy groups -OCH3 is 1. The van der Waals surface area contributed by atoms with Crippen molar-refractivity contribution in [3.8, 4) is 5.75 Å². The van der Waals surface area contributed by atoms with E-state index in [2.05, 4.69) is 5.32 Å². The van der Waals surface area contributed by atoms with E-state index in [9.17, 15) is 28.9 Å². The Balaban J connectivity index is 1.64. The summed E-state index contributed by atoms with van der Waals surface area (Å²) in [4.78, 5) is 48.7. The molecule has 1 N–H and O–H groups in total. The maximum Gasteiger partial charge on any atom is 0.312 e. The zero-order chi connectivity index (χ0) is 23.4. The third kappa shape index (κ3) is 4.82. The second-order valence-electron chi connectivity index (χ2n) is 7.07. The van der Waals surface area contributed by atoms with E-state index in [1.54, 1.807) is 6.07 Å². The van der Waals surface area contributed by atoms with Gasteiger partial charge in [-0.1, -0.05) is 12.1 Å². The Morgan fingerprint density at radius 2 is 2.00 bits per heavy atom. The van der Waals surface area contributed by atoms with Crippen LogP contribution >= 0.6 is 0 Å². The number of benzene rings is 2. The number of esters is 1. The zero-order valence-corrected chi connectivity index (χ0v) is 17.2. The van der Waals surface area contributed by atoms with Gasteiger partial charge in [-0.25, -0.2) is 4.39 Å². The van der Waals surface area contributed by atoms with Gasteiger partial charge in [-0.3, -0.25) is 24.5 Å². The van der Waals surface area contributed by atoms with E-state index in [0.29, 0.717) is 0 Å². The number of nitro groups is 1. The Bertz CT molecular complexity index is 1080. The van der Waals surface area contributed by atoms with Crippen LogP contribution < -0.4 is 15.0 Å². The van der Waals surface area contributed by atoms with E-state index >= 15 is 0 Å². The average Bonchev–Trinajstić information content (AvgIpc) is 3.15. The lowest BCUT2D eigenvalue weighted by Gasteiger charge is -2.18. The van der Waals surface area contributed by atoms with E-state index in [4.69, 9.17) is 9.47 Å². The highest BCUT2D eigenvalue weighted by molar-refractivity contribution is 6.00. The molecule has 11 heteroatoms. The number of rotatable bonds is 7. The lowest BCUT2D eigenvalue weighted by molar-refractivity contribution is -0.384.